The number of amides is 1. The molecule has 0 bridgehead atoms. The van der Waals surface area contributed by atoms with Gasteiger partial charge in [0.2, 0.25) is 0 Å². The second kappa shape index (κ2) is 9.44. The first-order valence-corrected chi connectivity index (χ1v) is 12.2. The third-order valence-electron chi connectivity index (χ3n) is 6.95. The number of benzene rings is 1. The van der Waals surface area contributed by atoms with Crippen LogP contribution >= 0.6 is 11.6 Å². The lowest BCUT2D eigenvalue weighted by Crippen LogP contribution is -2.50. The highest BCUT2D eigenvalue weighted by molar-refractivity contribution is 6.30. The summed E-state index contributed by atoms with van der Waals surface area (Å²) in [5.41, 5.74) is 2.84. The van der Waals surface area contributed by atoms with E-state index in [2.05, 4.69) is 31.9 Å². The van der Waals surface area contributed by atoms with Crippen LogP contribution in [0.2, 0.25) is 5.02 Å². The molecule has 9 heteroatoms. The average Bonchev–Trinajstić information content (AvgIpc) is 3.56. The normalized spacial score (nSPS) is 20.3. The minimum atomic E-state index is -0.178. The first kappa shape index (κ1) is 22.4. The number of hydrogen-bond acceptors (Lipinski definition) is 6. The largest absolute Gasteiger partial charge is 0.369 e. The minimum Gasteiger partial charge on any atom is -0.369 e. The van der Waals surface area contributed by atoms with E-state index >= 15 is 0 Å². The Bertz CT molecular complexity index is 1020. The molecule has 0 spiro atoms. The molecule has 1 aromatic carbocycles. The van der Waals surface area contributed by atoms with Crippen molar-refractivity contribution in [3.05, 3.63) is 46.7 Å². The van der Waals surface area contributed by atoms with E-state index in [1.54, 1.807) is 17.2 Å². The fraction of sp³-hybridized carbons (Fsp3) is 0.542. The number of hydrogen-bond donors (Lipinski definition) is 0. The molecule has 5 rings (SSSR count). The molecule has 1 aliphatic carbocycles. The first-order chi connectivity index (χ1) is 16.0. The maximum atomic E-state index is 12.7. The highest BCUT2D eigenvalue weighted by Crippen LogP contribution is 2.31. The van der Waals surface area contributed by atoms with Crippen LogP contribution in [0.25, 0.3) is 0 Å². The topological polar surface area (TPSA) is 64.9 Å². The van der Waals surface area contributed by atoms with Crippen LogP contribution in [0, 0.1) is 0 Å². The number of anilines is 1. The number of ketones is 1. The van der Waals surface area contributed by atoms with Crippen molar-refractivity contribution in [1.29, 1.82) is 0 Å². The monoisotopic (exact) mass is 470 g/mol. The molecule has 3 heterocycles. The van der Waals surface area contributed by atoms with Crippen LogP contribution in [0.1, 0.15) is 35.8 Å². The zero-order valence-electron chi connectivity index (χ0n) is 19.1. The van der Waals surface area contributed by atoms with E-state index in [4.69, 9.17) is 11.6 Å². The summed E-state index contributed by atoms with van der Waals surface area (Å²) in [6, 6.07) is 8.46. The van der Waals surface area contributed by atoms with Crippen LogP contribution < -0.4 is 4.90 Å². The van der Waals surface area contributed by atoms with Crippen molar-refractivity contribution >= 4 is 29.1 Å². The Labute approximate surface area is 199 Å². The summed E-state index contributed by atoms with van der Waals surface area (Å²) < 4.78 is 1.27. The highest BCUT2D eigenvalue weighted by Gasteiger charge is 2.32. The number of rotatable bonds is 5. The quantitative estimate of drug-likeness (QED) is 0.626. The van der Waals surface area contributed by atoms with Crippen molar-refractivity contribution in [2.75, 3.05) is 57.3 Å². The summed E-state index contributed by atoms with van der Waals surface area (Å²) in [5.74, 6) is -0.140. The highest BCUT2D eigenvalue weighted by atomic mass is 35.5. The van der Waals surface area contributed by atoms with Gasteiger partial charge in [0, 0.05) is 88.8 Å². The number of halogens is 1. The fourth-order valence-electron chi connectivity index (χ4n) is 4.83. The van der Waals surface area contributed by atoms with Gasteiger partial charge < -0.3 is 9.80 Å². The van der Waals surface area contributed by atoms with Gasteiger partial charge in [-0.25, -0.2) is 4.79 Å². The van der Waals surface area contributed by atoms with Crippen molar-refractivity contribution < 1.29 is 9.59 Å². The lowest BCUT2D eigenvalue weighted by Gasteiger charge is -2.38. The lowest BCUT2D eigenvalue weighted by atomic mass is 10.1. The SMILES string of the molecule is CC(=O)c1ccn(C(=O)N2CCN(Cc3ccc(Cl)cc3N3CCN(C4CC4)CC3)CC2)n1. The number of piperazine rings is 2. The molecule has 2 saturated heterocycles. The Morgan fingerprint density at radius 2 is 1.73 bits per heavy atom. The molecular formula is C24H31ClN6O2. The fourth-order valence-corrected chi connectivity index (χ4v) is 5.00. The summed E-state index contributed by atoms with van der Waals surface area (Å²) >= 11 is 6.38. The zero-order chi connectivity index (χ0) is 22.9. The molecule has 1 aromatic heterocycles. The summed E-state index contributed by atoms with van der Waals surface area (Å²) in [5, 5.41) is 4.88. The van der Waals surface area contributed by atoms with Gasteiger partial charge in [0.05, 0.1) is 0 Å². The van der Waals surface area contributed by atoms with Gasteiger partial charge in [-0.3, -0.25) is 14.6 Å². The van der Waals surface area contributed by atoms with E-state index in [1.165, 1.54) is 35.7 Å². The number of Topliss-reactive ketones (excluding diaryl/α,β-unsaturated/α-hetero) is 1. The van der Waals surface area contributed by atoms with Crippen LogP contribution in [0.5, 0.6) is 0 Å². The van der Waals surface area contributed by atoms with Crippen molar-refractivity contribution in [2.24, 2.45) is 0 Å². The van der Waals surface area contributed by atoms with Crippen molar-refractivity contribution in [3.63, 3.8) is 0 Å². The standard InChI is InChI=1S/C24H31ClN6O2/c1-18(32)22-6-7-31(26-22)24(33)30-10-8-27(9-11-30)17-19-2-3-20(25)16-23(19)29-14-12-28(13-15-29)21-4-5-21/h2-3,6-7,16,21H,4-5,8-15,17H2,1H3. The molecule has 8 nitrogen and oxygen atoms in total. The van der Waals surface area contributed by atoms with E-state index < -0.39 is 0 Å². The smallest absolute Gasteiger partial charge is 0.344 e. The lowest BCUT2D eigenvalue weighted by molar-refractivity contribution is 0.101. The van der Waals surface area contributed by atoms with Gasteiger partial charge in [0.1, 0.15) is 5.69 Å². The Morgan fingerprint density at radius 1 is 1.00 bits per heavy atom. The van der Waals surface area contributed by atoms with E-state index in [1.807, 2.05) is 6.07 Å². The number of nitrogens with zero attached hydrogens (tertiary/aromatic N) is 6. The molecule has 176 valence electrons. The van der Waals surface area contributed by atoms with Crippen LogP contribution in [-0.2, 0) is 6.54 Å². The van der Waals surface area contributed by atoms with Crippen molar-refractivity contribution in [3.8, 4) is 0 Å². The molecule has 0 unspecified atom stereocenters. The third-order valence-corrected chi connectivity index (χ3v) is 7.18. The van der Waals surface area contributed by atoms with Gasteiger partial charge in [-0.05, 0) is 36.6 Å². The Morgan fingerprint density at radius 3 is 2.36 bits per heavy atom. The van der Waals surface area contributed by atoms with E-state index in [0.717, 1.165) is 56.9 Å². The molecule has 3 aliphatic rings. The predicted octanol–water partition coefficient (Wildman–Crippen LogP) is 2.81. The van der Waals surface area contributed by atoms with Crippen molar-refractivity contribution in [1.82, 2.24) is 24.5 Å². The molecule has 0 radical (unpaired) electrons. The van der Waals surface area contributed by atoms with Gasteiger partial charge in [-0.15, -0.1) is 0 Å². The van der Waals surface area contributed by atoms with Crippen LogP contribution in [0.15, 0.2) is 30.5 Å². The van der Waals surface area contributed by atoms with Crippen LogP contribution in [0.4, 0.5) is 10.5 Å². The first-order valence-electron chi connectivity index (χ1n) is 11.8. The Kier molecular flexibility index (Phi) is 6.40. The van der Waals surface area contributed by atoms with E-state index in [9.17, 15) is 9.59 Å². The third kappa shape index (κ3) is 5.08. The molecule has 1 amide bonds. The molecule has 3 fully saturated rings. The van der Waals surface area contributed by atoms with E-state index in [-0.39, 0.29) is 11.8 Å². The number of aromatic nitrogens is 2. The molecular weight excluding hydrogens is 440 g/mol. The maximum absolute atomic E-state index is 12.7. The molecule has 0 atom stereocenters. The van der Waals surface area contributed by atoms with Crippen LogP contribution in [0.3, 0.4) is 0 Å². The molecule has 33 heavy (non-hydrogen) atoms. The van der Waals surface area contributed by atoms with Gasteiger partial charge in [0.25, 0.3) is 0 Å². The maximum Gasteiger partial charge on any atom is 0.344 e. The number of carbonyl (C=O) groups is 2. The van der Waals surface area contributed by atoms with Gasteiger partial charge >= 0.3 is 6.03 Å². The molecule has 2 aromatic rings. The summed E-state index contributed by atoms with van der Waals surface area (Å²) in [6.07, 6.45) is 4.28. The Hall–Kier alpha value is -2.42. The average molecular weight is 471 g/mol. The summed E-state index contributed by atoms with van der Waals surface area (Å²) in [7, 11) is 0. The minimum absolute atomic E-state index is 0.140. The predicted molar refractivity (Wildman–Crippen MR) is 128 cm³/mol. The van der Waals surface area contributed by atoms with E-state index in [0.29, 0.717) is 18.8 Å². The number of carbonyl (C=O) groups excluding carboxylic acids is 2. The molecule has 1 saturated carbocycles. The van der Waals surface area contributed by atoms with Gasteiger partial charge in [-0.2, -0.15) is 9.78 Å². The summed E-state index contributed by atoms with van der Waals surface area (Å²) in [4.78, 5) is 33.5. The van der Waals surface area contributed by atoms with Gasteiger partial charge in [-0.1, -0.05) is 17.7 Å². The second-order valence-corrected chi connectivity index (χ2v) is 9.71. The van der Waals surface area contributed by atoms with Crippen LogP contribution in [-0.4, -0.2) is 94.7 Å². The molecule has 0 N–H and O–H groups in total. The zero-order valence-corrected chi connectivity index (χ0v) is 19.9. The van der Waals surface area contributed by atoms with Crippen molar-refractivity contribution in [2.45, 2.75) is 32.4 Å². The Balaban J connectivity index is 1.19. The molecule has 2 aliphatic heterocycles. The van der Waals surface area contributed by atoms with Gasteiger partial charge in [0.15, 0.2) is 5.78 Å². The summed E-state index contributed by atoms with van der Waals surface area (Å²) in [6.45, 7) is 9.48. The second-order valence-electron chi connectivity index (χ2n) is 9.27.